The maximum absolute atomic E-state index is 12.3. The molecule has 0 aromatic heterocycles. The number of hydrogen-bond acceptors (Lipinski definition) is 5. The number of hydrogen-bond donors (Lipinski definition) is 1. The Hall–Kier alpha value is -1.67. The Bertz CT molecular complexity index is 564. The summed E-state index contributed by atoms with van der Waals surface area (Å²) in [5.41, 5.74) is 0.479. The molecule has 1 aromatic rings. The highest BCUT2D eigenvalue weighted by atomic mass is 79.9. The Morgan fingerprint density at radius 2 is 2.24 bits per heavy atom. The molecule has 1 saturated heterocycles. The minimum Gasteiger partial charge on any atom is -0.352 e. The van der Waals surface area contributed by atoms with Crippen LogP contribution in [-0.4, -0.2) is 55.5 Å². The van der Waals surface area contributed by atoms with Crippen LogP contribution in [0.4, 0.5) is 11.4 Å². The summed E-state index contributed by atoms with van der Waals surface area (Å²) >= 11 is 3.34. The van der Waals surface area contributed by atoms with Gasteiger partial charge in [-0.05, 0) is 12.1 Å². The SMILES string of the molecule is CN(C)C(=O)C1CNCCN1c1cc(Br)ccc1[N+](=O)[O-]. The van der Waals surface area contributed by atoms with Gasteiger partial charge in [0.05, 0.1) is 4.92 Å². The second-order valence-corrected chi connectivity index (χ2v) is 5.95. The Balaban J connectivity index is 2.44. The molecule has 7 nitrogen and oxygen atoms in total. The molecular formula is C13H17BrN4O3. The molecule has 0 aliphatic carbocycles. The Morgan fingerprint density at radius 3 is 2.86 bits per heavy atom. The van der Waals surface area contributed by atoms with E-state index in [9.17, 15) is 14.9 Å². The zero-order chi connectivity index (χ0) is 15.6. The highest BCUT2D eigenvalue weighted by Crippen LogP contribution is 2.33. The lowest BCUT2D eigenvalue weighted by Gasteiger charge is -2.37. The van der Waals surface area contributed by atoms with Crippen LogP contribution in [0.5, 0.6) is 0 Å². The Morgan fingerprint density at radius 1 is 1.52 bits per heavy atom. The van der Waals surface area contributed by atoms with Gasteiger partial charge in [-0.2, -0.15) is 0 Å². The summed E-state index contributed by atoms with van der Waals surface area (Å²) < 4.78 is 0.748. The average Bonchev–Trinajstić information content (AvgIpc) is 2.46. The molecule has 0 radical (unpaired) electrons. The van der Waals surface area contributed by atoms with E-state index in [0.29, 0.717) is 25.3 Å². The summed E-state index contributed by atoms with van der Waals surface area (Å²) in [5, 5.41) is 14.4. The molecule has 0 bridgehead atoms. The lowest BCUT2D eigenvalue weighted by Crippen LogP contribution is -2.58. The predicted octanol–water partition coefficient (Wildman–Crippen LogP) is 1.22. The van der Waals surface area contributed by atoms with Crippen LogP contribution < -0.4 is 10.2 Å². The molecule has 8 heteroatoms. The predicted molar refractivity (Wildman–Crippen MR) is 83.5 cm³/mol. The summed E-state index contributed by atoms with van der Waals surface area (Å²) in [7, 11) is 3.37. The highest BCUT2D eigenvalue weighted by molar-refractivity contribution is 9.10. The summed E-state index contributed by atoms with van der Waals surface area (Å²) in [5.74, 6) is -0.0727. The van der Waals surface area contributed by atoms with E-state index in [0.717, 1.165) is 4.47 Å². The maximum Gasteiger partial charge on any atom is 0.292 e. The summed E-state index contributed by atoms with van der Waals surface area (Å²) in [6.45, 7) is 1.70. The first-order chi connectivity index (χ1) is 9.91. The van der Waals surface area contributed by atoms with Gasteiger partial charge < -0.3 is 15.1 Å². The Kier molecular flexibility index (Phi) is 4.79. The molecule has 21 heavy (non-hydrogen) atoms. The topological polar surface area (TPSA) is 78.7 Å². The Labute approximate surface area is 131 Å². The van der Waals surface area contributed by atoms with E-state index < -0.39 is 11.0 Å². The monoisotopic (exact) mass is 356 g/mol. The van der Waals surface area contributed by atoms with E-state index in [-0.39, 0.29) is 11.6 Å². The molecule has 1 amide bonds. The number of benzene rings is 1. The van der Waals surface area contributed by atoms with Gasteiger partial charge in [0.2, 0.25) is 5.91 Å². The van der Waals surface area contributed by atoms with Crippen LogP contribution in [0.1, 0.15) is 0 Å². The van der Waals surface area contributed by atoms with Crippen molar-refractivity contribution in [2.75, 3.05) is 38.6 Å². The quantitative estimate of drug-likeness (QED) is 0.650. The molecule has 2 rings (SSSR count). The number of nitro benzene ring substituents is 1. The summed E-state index contributed by atoms with van der Waals surface area (Å²) in [4.78, 5) is 26.4. The minimum absolute atomic E-state index is 0.0108. The molecule has 1 fully saturated rings. The summed E-state index contributed by atoms with van der Waals surface area (Å²) in [6, 6.07) is 4.34. The zero-order valence-corrected chi connectivity index (χ0v) is 13.5. The van der Waals surface area contributed by atoms with E-state index in [1.165, 1.54) is 11.0 Å². The molecule has 1 aliphatic rings. The normalized spacial score (nSPS) is 18.4. The number of piperazine rings is 1. The van der Waals surface area contributed by atoms with E-state index in [1.807, 2.05) is 4.90 Å². The number of likely N-dealkylation sites (N-methyl/N-ethyl adjacent to an activating group) is 1. The molecule has 0 saturated carbocycles. The van der Waals surface area contributed by atoms with E-state index in [2.05, 4.69) is 21.2 Å². The van der Waals surface area contributed by atoms with Crippen molar-refractivity contribution in [1.29, 1.82) is 0 Å². The fraction of sp³-hybridized carbons (Fsp3) is 0.462. The third-order valence-electron chi connectivity index (χ3n) is 3.41. The van der Waals surface area contributed by atoms with Crippen molar-refractivity contribution in [1.82, 2.24) is 10.2 Å². The van der Waals surface area contributed by atoms with Crippen molar-refractivity contribution in [3.05, 3.63) is 32.8 Å². The van der Waals surface area contributed by atoms with Crippen LogP contribution in [0, 0.1) is 10.1 Å². The van der Waals surface area contributed by atoms with Crippen LogP contribution in [0.25, 0.3) is 0 Å². The first kappa shape index (κ1) is 15.7. The largest absolute Gasteiger partial charge is 0.352 e. The van der Waals surface area contributed by atoms with Gasteiger partial charge in [-0.3, -0.25) is 14.9 Å². The van der Waals surface area contributed by atoms with Gasteiger partial charge in [0.15, 0.2) is 0 Å². The molecule has 1 N–H and O–H groups in total. The number of anilines is 1. The molecule has 0 spiro atoms. The van der Waals surface area contributed by atoms with Gasteiger partial charge in [-0.15, -0.1) is 0 Å². The van der Waals surface area contributed by atoms with Crippen molar-refractivity contribution >= 4 is 33.2 Å². The van der Waals surface area contributed by atoms with Crippen LogP contribution in [-0.2, 0) is 4.79 Å². The van der Waals surface area contributed by atoms with Crippen LogP contribution >= 0.6 is 15.9 Å². The lowest BCUT2D eigenvalue weighted by atomic mass is 10.1. The van der Waals surface area contributed by atoms with Crippen molar-refractivity contribution in [3.8, 4) is 0 Å². The van der Waals surface area contributed by atoms with Crippen LogP contribution in [0.3, 0.4) is 0 Å². The minimum atomic E-state index is -0.443. The first-order valence-corrected chi connectivity index (χ1v) is 7.33. The van der Waals surface area contributed by atoms with Crippen molar-refractivity contribution in [2.24, 2.45) is 0 Å². The number of rotatable bonds is 3. The molecule has 1 aliphatic heterocycles. The molecule has 1 aromatic carbocycles. The summed E-state index contributed by atoms with van der Waals surface area (Å²) in [6.07, 6.45) is 0. The maximum atomic E-state index is 12.3. The zero-order valence-electron chi connectivity index (χ0n) is 11.9. The fourth-order valence-corrected chi connectivity index (χ4v) is 2.74. The number of nitrogens with zero attached hydrogens (tertiary/aromatic N) is 3. The number of halogens is 1. The first-order valence-electron chi connectivity index (χ1n) is 6.54. The molecular weight excluding hydrogens is 340 g/mol. The smallest absolute Gasteiger partial charge is 0.292 e. The second-order valence-electron chi connectivity index (χ2n) is 5.04. The van der Waals surface area contributed by atoms with E-state index >= 15 is 0 Å². The second kappa shape index (κ2) is 6.40. The van der Waals surface area contributed by atoms with Gasteiger partial charge in [-0.1, -0.05) is 15.9 Å². The number of carbonyl (C=O) groups excluding carboxylic acids is 1. The van der Waals surface area contributed by atoms with Crippen molar-refractivity contribution in [3.63, 3.8) is 0 Å². The van der Waals surface area contributed by atoms with Gasteiger partial charge in [0.25, 0.3) is 5.69 Å². The fourth-order valence-electron chi connectivity index (χ4n) is 2.39. The third-order valence-corrected chi connectivity index (χ3v) is 3.91. The standard InChI is InChI=1S/C13H17BrN4O3/c1-16(2)13(19)12-8-15-5-6-17(12)11-7-9(14)3-4-10(11)18(20)21/h3-4,7,12,15H,5-6,8H2,1-2H3. The van der Waals surface area contributed by atoms with E-state index in [1.54, 1.807) is 26.2 Å². The molecule has 1 heterocycles. The van der Waals surface area contributed by atoms with E-state index in [4.69, 9.17) is 0 Å². The van der Waals surface area contributed by atoms with Gasteiger partial charge in [-0.25, -0.2) is 0 Å². The lowest BCUT2D eigenvalue weighted by molar-refractivity contribution is -0.384. The molecule has 1 atom stereocenters. The van der Waals surface area contributed by atoms with Gasteiger partial charge >= 0.3 is 0 Å². The number of amides is 1. The third kappa shape index (κ3) is 3.33. The number of nitrogens with one attached hydrogen (secondary N) is 1. The van der Waals surface area contributed by atoms with Gasteiger partial charge in [0, 0.05) is 44.3 Å². The van der Waals surface area contributed by atoms with Crippen molar-refractivity contribution in [2.45, 2.75) is 6.04 Å². The average molecular weight is 357 g/mol. The molecule has 1 unspecified atom stereocenters. The van der Waals surface area contributed by atoms with Crippen LogP contribution in [0.15, 0.2) is 22.7 Å². The highest BCUT2D eigenvalue weighted by Gasteiger charge is 2.33. The number of carbonyl (C=O) groups is 1. The number of nitro groups is 1. The molecule has 114 valence electrons. The van der Waals surface area contributed by atoms with Crippen LogP contribution in [0.2, 0.25) is 0 Å². The van der Waals surface area contributed by atoms with Crippen molar-refractivity contribution < 1.29 is 9.72 Å². The van der Waals surface area contributed by atoms with Gasteiger partial charge in [0.1, 0.15) is 11.7 Å².